The van der Waals surface area contributed by atoms with Gasteiger partial charge in [-0.2, -0.15) is 0 Å². The van der Waals surface area contributed by atoms with Gasteiger partial charge in [-0.05, 0) is 19.1 Å². The number of nitrogens with one attached hydrogen (secondary N) is 1. The topological polar surface area (TPSA) is 86.6 Å². The summed E-state index contributed by atoms with van der Waals surface area (Å²) in [5, 5.41) is 19.3. The van der Waals surface area contributed by atoms with Gasteiger partial charge in [0.2, 0.25) is 5.72 Å². The SMILES string of the molecule is CC(O)(NC(=O)c1c(F)cccc1F)C(=O)O. The quantitative estimate of drug-likeness (QED) is 0.676. The second-order valence-corrected chi connectivity index (χ2v) is 3.43. The number of carbonyl (C=O) groups excluding carboxylic acids is 1. The predicted molar refractivity (Wildman–Crippen MR) is 52.1 cm³/mol. The number of aliphatic carboxylic acids is 1. The number of rotatable bonds is 3. The summed E-state index contributed by atoms with van der Waals surface area (Å²) >= 11 is 0. The molecule has 7 heteroatoms. The molecule has 0 fully saturated rings. The molecule has 0 bridgehead atoms. The Morgan fingerprint density at radius 3 is 2.18 bits per heavy atom. The smallest absolute Gasteiger partial charge is 0.356 e. The van der Waals surface area contributed by atoms with Gasteiger partial charge in [-0.3, -0.25) is 4.79 Å². The standard InChI is InChI=1S/C10H9F2NO4/c1-10(17,9(15)16)13-8(14)7-5(11)3-2-4-6(7)12/h2-4,17H,1H3,(H,13,14)(H,15,16). The van der Waals surface area contributed by atoms with Crippen LogP contribution in [0.3, 0.4) is 0 Å². The van der Waals surface area contributed by atoms with E-state index < -0.39 is 34.8 Å². The number of aliphatic hydroxyl groups is 1. The molecule has 1 amide bonds. The zero-order valence-corrected chi connectivity index (χ0v) is 8.70. The van der Waals surface area contributed by atoms with Crippen LogP contribution in [-0.2, 0) is 4.79 Å². The zero-order valence-electron chi connectivity index (χ0n) is 8.70. The van der Waals surface area contributed by atoms with Crippen molar-refractivity contribution >= 4 is 11.9 Å². The van der Waals surface area contributed by atoms with Crippen molar-refractivity contribution in [2.45, 2.75) is 12.6 Å². The molecular formula is C10H9F2NO4. The molecule has 0 aromatic heterocycles. The van der Waals surface area contributed by atoms with Crippen molar-refractivity contribution in [2.24, 2.45) is 0 Å². The van der Waals surface area contributed by atoms with E-state index >= 15 is 0 Å². The molecule has 0 saturated heterocycles. The molecule has 0 aliphatic heterocycles. The van der Waals surface area contributed by atoms with Crippen LogP contribution in [0.2, 0.25) is 0 Å². The van der Waals surface area contributed by atoms with Crippen LogP contribution in [0, 0.1) is 11.6 Å². The molecule has 0 spiro atoms. The Bertz CT molecular complexity index is 453. The van der Waals surface area contributed by atoms with Gasteiger partial charge in [-0.1, -0.05) is 6.07 Å². The highest BCUT2D eigenvalue weighted by molar-refractivity contribution is 5.97. The maximum absolute atomic E-state index is 13.1. The lowest BCUT2D eigenvalue weighted by Gasteiger charge is -2.19. The molecule has 5 nitrogen and oxygen atoms in total. The van der Waals surface area contributed by atoms with Gasteiger partial charge in [-0.25, -0.2) is 13.6 Å². The van der Waals surface area contributed by atoms with Crippen LogP contribution in [0.25, 0.3) is 0 Å². The third-order valence-corrected chi connectivity index (χ3v) is 1.96. The molecule has 0 saturated carbocycles. The molecule has 92 valence electrons. The zero-order chi connectivity index (χ0) is 13.2. The summed E-state index contributed by atoms with van der Waals surface area (Å²) in [6, 6.07) is 2.73. The summed E-state index contributed by atoms with van der Waals surface area (Å²) in [6.07, 6.45) is 0. The van der Waals surface area contributed by atoms with Gasteiger partial charge in [-0.15, -0.1) is 0 Å². The lowest BCUT2D eigenvalue weighted by atomic mass is 10.1. The molecule has 0 radical (unpaired) electrons. The van der Waals surface area contributed by atoms with Crippen LogP contribution in [0.15, 0.2) is 18.2 Å². The van der Waals surface area contributed by atoms with E-state index in [1.807, 2.05) is 0 Å². The van der Waals surface area contributed by atoms with E-state index in [-0.39, 0.29) is 0 Å². The van der Waals surface area contributed by atoms with E-state index in [0.29, 0.717) is 0 Å². The summed E-state index contributed by atoms with van der Waals surface area (Å²) in [6.45, 7) is 0.770. The van der Waals surface area contributed by atoms with Crippen molar-refractivity contribution in [1.82, 2.24) is 5.32 Å². The van der Waals surface area contributed by atoms with Crippen LogP contribution < -0.4 is 5.32 Å². The van der Waals surface area contributed by atoms with Gasteiger partial charge in [0, 0.05) is 0 Å². The summed E-state index contributed by atoms with van der Waals surface area (Å²) in [5.41, 5.74) is -3.56. The molecule has 1 rings (SSSR count). The van der Waals surface area contributed by atoms with Gasteiger partial charge in [0.15, 0.2) is 0 Å². The third-order valence-electron chi connectivity index (χ3n) is 1.96. The highest BCUT2D eigenvalue weighted by Crippen LogP contribution is 2.13. The maximum Gasteiger partial charge on any atom is 0.356 e. The number of hydrogen-bond donors (Lipinski definition) is 3. The minimum Gasteiger partial charge on any atom is -0.478 e. The van der Waals surface area contributed by atoms with E-state index in [1.165, 1.54) is 0 Å². The maximum atomic E-state index is 13.1. The number of halogens is 2. The lowest BCUT2D eigenvalue weighted by molar-refractivity contribution is -0.158. The van der Waals surface area contributed by atoms with Crippen molar-refractivity contribution in [3.63, 3.8) is 0 Å². The van der Waals surface area contributed by atoms with Crippen molar-refractivity contribution in [3.8, 4) is 0 Å². The van der Waals surface area contributed by atoms with Gasteiger partial charge >= 0.3 is 5.97 Å². The molecule has 0 aliphatic carbocycles. The highest BCUT2D eigenvalue weighted by Gasteiger charge is 2.33. The average Bonchev–Trinajstić information content (AvgIpc) is 2.15. The molecule has 0 heterocycles. The first-order chi connectivity index (χ1) is 7.75. The molecule has 1 unspecified atom stereocenters. The fourth-order valence-corrected chi connectivity index (χ4v) is 1.05. The first kappa shape index (κ1) is 13.0. The Balaban J connectivity index is 3.03. The molecule has 0 aliphatic rings. The summed E-state index contributed by atoms with van der Waals surface area (Å²) in [4.78, 5) is 21.9. The molecule has 17 heavy (non-hydrogen) atoms. The van der Waals surface area contributed by atoms with Crippen LogP contribution >= 0.6 is 0 Å². The second kappa shape index (κ2) is 4.46. The van der Waals surface area contributed by atoms with Gasteiger partial charge in [0.1, 0.15) is 17.2 Å². The van der Waals surface area contributed by atoms with E-state index in [2.05, 4.69) is 0 Å². The number of amides is 1. The lowest BCUT2D eigenvalue weighted by Crippen LogP contribution is -2.52. The highest BCUT2D eigenvalue weighted by atomic mass is 19.1. The summed E-state index contributed by atoms with van der Waals surface area (Å²) in [5.74, 6) is -5.40. The second-order valence-electron chi connectivity index (χ2n) is 3.43. The monoisotopic (exact) mass is 245 g/mol. The Morgan fingerprint density at radius 1 is 1.29 bits per heavy atom. The number of carboxylic acids is 1. The van der Waals surface area contributed by atoms with Gasteiger partial charge in [0.25, 0.3) is 5.91 Å². The Kier molecular flexibility index (Phi) is 3.42. The van der Waals surface area contributed by atoms with Crippen molar-refractivity contribution in [1.29, 1.82) is 0 Å². The van der Waals surface area contributed by atoms with Crippen LogP contribution in [-0.4, -0.2) is 27.8 Å². The van der Waals surface area contributed by atoms with E-state index in [4.69, 9.17) is 5.11 Å². The fourth-order valence-electron chi connectivity index (χ4n) is 1.05. The van der Waals surface area contributed by atoms with Gasteiger partial charge in [0.05, 0.1) is 0 Å². The van der Waals surface area contributed by atoms with Crippen molar-refractivity contribution in [3.05, 3.63) is 35.4 Å². The molecule has 1 atom stereocenters. The van der Waals surface area contributed by atoms with E-state index in [1.54, 1.807) is 5.32 Å². The average molecular weight is 245 g/mol. The van der Waals surface area contributed by atoms with E-state index in [9.17, 15) is 23.5 Å². The fraction of sp³-hybridized carbons (Fsp3) is 0.200. The Hall–Kier alpha value is -2.02. The van der Waals surface area contributed by atoms with Crippen molar-refractivity contribution in [2.75, 3.05) is 0 Å². The van der Waals surface area contributed by atoms with Crippen molar-refractivity contribution < 1.29 is 28.6 Å². The predicted octanol–water partition coefficient (Wildman–Crippen LogP) is 0.488. The summed E-state index contributed by atoms with van der Waals surface area (Å²) < 4.78 is 26.3. The molecular weight excluding hydrogens is 236 g/mol. The molecule has 3 N–H and O–H groups in total. The Morgan fingerprint density at radius 2 is 1.76 bits per heavy atom. The number of benzene rings is 1. The number of carboxylic acid groups (broad SMARTS) is 1. The van der Waals surface area contributed by atoms with Crippen LogP contribution in [0.5, 0.6) is 0 Å². The first-order valence-corrected chi connectivity index (χ1v) is 4.48. The third kappa shape index (κ3) is 2.76. The first-order valence-electron chi connectivity index (χ1n) is 4.48. The Labute approximate surface area is 94.7 Å². The largest absolute Gasteiger partial charge is 0.478 e. The normalized spacial score (nSPS) is 13.9. The van der Waals surface area contributed by atoms with Crippen LogP contribution in [0.4, 0.5) is 8.78 Å². The summed E-state index contributed by atoms with van der Waals surface area (Å²) in [7, 11) is 0. The van der Waals surface area contributed by atoms with Gasteiger partial charge < -0.3 is 15.5 Å². The van der Waals surface area contributed by atoms with Crippen LogP contribution in [0.1, 0.15) is 17.3 Å². The number of hydrogen-bond acceptors (Lipinski definition) is 3. The number of carbonyl (C=O) groups is 2. The molecule has 1 aromatic carbocycles. The minimum absolute atomic E-state index is 0.770. The van der Waals surface area contributed by atoms with E-state index in [0.717, 1.165) is 25.1 Å². The molecule has 1 aromatic rings. The minimum atomic E-state index is -2.61.